The Morgan fingerprint density at radius 3 is 2.88 bits per heavy atom. The van der Waals surface area contributed by atoms with Crippen LogP contribution >= 0.6 is 0 Å². The van der Waals surface area contributed by atoms with Gasteiger partial charge >= 0.3 is 0 Å². The average Bonchev–Trinajstić information content (AvgIpc) is 2.62. The molecule has 1 atom stereocenters. The number of hydrogen-bond acceptors (Lipinski definition) is 5. The summed E-state index contributed by atoms with van der Waals surface area (Å²) in [5.41, 5.74) is 0.144. The summed E-state index contributed by atoms with van der Waals surface area (Å²) < 4.78 is 13.1. The summed E-state index contributed by atoms with van der Waals surface area (Å²) >= 11 is 0. The summed E-state index contributed by atoms with van der Waals surface area (Å²) in [5, 5.41) is 11.0. The molecule has 1 fully saturated rings. The summed E-state index contributed by atoms with van der Waals surface area (Å²) in [5.74, 6) is 0.0183. The van der Waals surface area contributed by atoms with E-state index < -0.39 is 11.4 Å². The van der Waals surface area contributed by atoms with E-state index in [0.29, 0.717) is 24.5 Å². The van der Waals surface area contributed by atoms with Crippen LogP contribution in [0.1, 0.15) is 28.9 Å². The SMILES string of the molecule is Cc1cccnc1C(=O)N(C)C[C@]1(O)CCCN(c2ccc(F)cn2)C1. The number of likely N-dealkylation sites (N-methyl/N-ethyl adjacent to an activating group) is 1. The van der Waals surface area contributed by atoms with Gasteiger partial charge in [0.25, 0.3) is 5.91 Å². The van der Waals surface area contributed by atoms with Gasteiger partial charge in [0.1, 0.15) is 17.3 Å². The molecule has 6 nitrogen and oxygen atoms in total. The molecule has 0 aromatic carbocycles. The van der Waals surface area contributed by atoms with Crippen LogP contribution in [0.25, 0.3) is 0 Å². The lowest BCUT2D eigenvalue weighted by molar-refractivity contribution is -0.000304. The van der Waals surface area contributed by atoms with Gasteiger partial charge in [0.05, 0.1) is 18.3 Å². The van der Waals surface area contributed by atoms with Gasteiger partial charge in [-0.05, 0) is 43.5 Å². The molecule has 3 heterocycles. The minimum Gasteiger partial charge on any atom is -0.386 e. The third-order valence-corrected chi connectivity index (χ3v) is 4.68. The van der Waals surface area contributed by atoms with Gasteiger partial charge in [-0.3, -0.25) is 9.78 Å². The summed E-state index contributed by atoms with van der Waals surface area (Å²) in [4.78, 5) is 24.3. The number of amides is 1. The van der Waals surface area contributed by atoms with Crippen LogP contribution in [0.3, 0.4) is 0 Å². The van der Waals surface area contributed by atoms with Crippen molar-refractivity contribution >= 4 is 11.7 Å². The molecule has 1 N–H and O–H groups in total. The van der Waals surface area contributed by atoms with Crippen molar-refractivity contribution in [3.05, 3.63) is 53.7 Å². The molecule has 0 saturated carbocycles. The first-order valence-electron chi connectivity index (χ1n) is 8.64. The third kappa shape index (κ3) is 3.99. The summed E-state index contributed by atoms with van der Waals surface area (Å²) in [7, 11) is 1.67. The number of hydrogen-bond donors (Lipinski definition) is 1. The number of carbonyl (C=O) groups is 1. The van der Waals surface area contributed by atoms with Crippen LogP contribution in [-0.4, -0.2) is 58.2 Å². The van der Waals surface area contributed by atoms with Gasteiger partial charge in [-0.15, -0.1) is 0 Å². The van der Waals surface area contributed by atoms with E-state index >= 15 is 0 Å². The van der Waals surface area contributed by atoms with E-state index in [0.717, 1.165) is 18.5 Å². The Kier molecular flexibility index (Phi) is 5.18. The fraction of sp³-hybridized carbons (Fsp3) is 0.421. The molecule has 26 heavy (non-hydrogen) atoms. The van der Waals surface area contributed by atoms with Crippen molar-refractivity contribution in [1.82, 2.24) is 14.9 Å². The fourth-order valence-corrected chi connectivity index (χ4v) is 3.40. The molecule has 1 aliphatic rings. The Bertz CT molecular complexity index is 783. The number of pyridine rings is 2. The number of nitrogens with zero attached hydrogens (tertiary/aromatic N) is 4. The maximum Gasteiger partial charge on any atom is 0.272 e. The zero-order valence-electron chi connectivity index (χ0n) is 15.0. The first kappa shape index (κ1) is 18.3. The number of aliphatic hydroxyl groups is 1. The molecule has 2 aromatic rings. The van der Waals surface area contributed by atoms with Crippen molar-refractivity contribution in [3.8, 4) is 0 Å². The second-order valence-corrected chi connectivity index (χ2v) is 6.91. The highest BCUT2D eigenvalue weighted by Gasteiger charge is 2.36. The zero-order valence-corrected chi connectivity index (χ0v) is 15.0. The van der Waals surface area contributed by atoms with E-state index in [2.05, 4.69) is 9.97 Å². The van der Waals surface area contributed by atoms with Crippen LogP contribution in [0.4, 0.5) is 10.2 Å². The van der Waals surface area contributed by atoms with E-state index in [9.17, 15) is 14.3 Å². The smallest absolute Gasteiger partial charge is 0.272 e. The van der Waals surface area contributed by atoms with Crippen molar-refractivity contribution in [3.63, 3.8) is 0 Å². The monoisotopic (exact) mass is 358 g/mol. The van der Waals surface area contributed by atoms with Gasteiger partial charge in [0, 0.05) is 26.3 Å². The molecule has 7 heteroatoms. The number of halogens is 1. The second kappa shape index (κ2) is 7.37. The number of piperidine rings is 1. The number of aromatic nitrogens is 2. The first-order chi connectivity index (χ1) is 12.4. The van der Waals surface area contributed by atoms with Crippen LogP contribution in [0.5, 0.6) is 0 Å². The lowest BCUT2D eigenvalue weighted by atomic mass is 9.92. The lowest BCUT2D eigenvalue weighted by Crippen LogP contribution is -2.55. The maximum absolute atomic E-state index is 13.1. The van der Waals surface area contributed by atoms with Crippen molar-refractivity contribution < 1.29 is 14.3 Å². The van der Waals surface area contributed by atoms with Crippen molar-refractivity contribution in [2.24, 2.45) is 0 Å². The van der Waals surface area contributed by atoms with Crippen LogP contribution in [0.15, 0.2) is 36.7 Å². The number of β-amino-alcohol motifs (C(OH)–C–C–N with tert-alkyl or cyclic N) is 1. The molecule has 1 amide bonds. The van der Waals surface area contributed by atoms with Gasteiger partial charge in [0.2, 0.25) is 0 Å². The Morgan fingerprint density at radius 1 is 1.38 bits per heavy atom. The van der Waals surface area contributed by atoms with E-state index in [1.165, 1.54) is 17.2 Å². The van der Waals surface area contributed by atoms with Crippen molar-refractivity contribution in [2.75, 3.05) is 31.6 Å². The van der Waals surface area contributed by atoms with E-state index in [1.807, 2.05) is 17.9 Å². The van der Waals surface area contributed by atoms with Crippen molar-refractivity contribution in [1.29, 1.82) is 0 Å². The van der Waals surface area contributed by atoms with Crippen LogP contribution in [-0.2, 0) is 0 Å². The Hall–Kier alpha value is -2.54. The molecule has 1 saturated heterocycles. The molecule has 3 rings (SSSR count). The summed E-state index contributed by atoms with van der Waals surface area (Å²) in [6.07, 6.45) is 4.11. The quantitative estimate of drug-likeness (QED) is 0.906. The fourth-order valence-electron chi connectivity index (χ4n) is 3.40. The van der Waals surface area contributed by atoms with Crippen LogP contribution < -0.4 is 4.90 Å². The van der Waals surface area contributed by atoms with Gasteiger partial charge in [-0.1, -0.05) is 6.07 Å². The molecule has 1 aliphatic heterocycles. The largest absolute Gasteiger partial charge is 0.386 e. The standard InChI is InChI=1S/C19H23FN4O2/c1-14-5-3-9-21-17(14)18(25)23(2)12-19(26)8-4-10-24(13-19)16-7-6-15(20)11-22-16/h3,5-7,9,11,26H,4,8,10,12-13H2,1-2H3/t19-/m1/s1. The second-order valence-electron chi connectivity index (χ2n) is 6.91. The predicted molar refractivity (Wildman–Crippen MR) is 96.5 cm³/mol. The Labute approximate surface area is 152 Å². The first-order valence-corrected chi connectivity index (χ1v) is 8.64. The van der Waals surface area contributed by atoms with Crippen LogP contribution in [0.2, 0.25) is 0 Å². The average molecular weight is 358 g/mol. The minimum atomic E-state index is -1.05. The molecular weight excluding hydrogens is 335 g/mol. The maximum atomic E-state index is 13.1. The molecule has 2 aromatic heterocycles. The van der Waals surface area contributed by atoms with E-state index in [-0.39, 0.29) is 12.5 Å². The molecule has 0 radical (unpaired) electrons. The molecule has 0 aliphatic carbocycles. The van der Waals surface area contributed by atoms with E-state index in [4.69, 9.17) is 0 Å². The van der Waals surface area contributed by atoms with E-state index in [1.54, 1.807) is 25.4 Å². The van der Waals surface area contributed by atoms with Gasteiger partial charge < -0.3 is 14.9 Å². The van der Waals surface area contributed by atoms with Gasteiger partial charge in [0.15, 0.2) is 0 Å². The third-order valence-electron chi connectivity index (χ3n) is 4.68. The highest BCUT2D eigenvalue weighted by atomic mass is 19.1. The van der Waals surface area contributed by atoms with Gasteiger partial charge in [-0.25, -0.2) is 9.37 Å². The normalized spacial score (nSPS) is 20.1. The van der Waals surface area contributed by atoms with Crippen LogP contribution in [0, 0.1) is 12.7 Å². The molecule has 138 valence electrons. The minimum absolute atomic E-state index is 0.194. The topological polar surface area (TPSA) is 69.6 Å². The highest BCUT2D eigenvalue weighted by molar-refractivity contribution is 5.93. The summed E-state index contributed by atoms with van der Waals surface area (Å²) in [6.45, 7) is 3.10. The van der Waals surface area contributed by atoms with Gasteiger partial charge in [-0.2, -0.15) is 0 Å². The molecule has 0 spiro atoms. The Balaban J connectivity index is 1.70. The predicted octanol–water partition coefficient (Wildman–Crippen LogP) is 2.03. The lowest BCUT2D eigenvalue weighted by Gasteiger charge is -2.41. The zero-order chi connectivity index (χ0) is 18.7. The number of rotatable bonds is 4. The molecular formula is C19H23FN4O2. The number of anilines is 1. The van der Waals surface area contributed by atoms with Crippen molar-refractivity contribution in [2.45, 2.75) is 25.4 Å². The summed E-state index contributed by atoms with van der Waals surface area (Å²) in [6, 6.07) is 6.59. The molecule has 0 bridgehead atoms. The molecule has 0 unspecified atom stereocenters. The highest BCUT2D eigenvalue weighted by Crippen LogP contribution is 2.26. The number of carbonyl (C=O) groups excluding carboxylic acids is 1. The number of aryl methyl sites for hydroxylation is 1. The Morgan fingerprint density at radius 2 is 2.19 bits per heavy atom.